The molecule has 10 atom stereocenters. The van der Waals surface area contributed by atoms with E-state index in [1.54, 1.807) is 0 Å². The van der Waals surface area contributed by atoms with Crippen LogP contribution in [-0.2, 0) is 24.6 Å². The normalized spacial score (nSPS) is 30.8. The summed E-state index contributed by atoms with van der Waals surface area (Å²) in [5.41, 5.74) is -2.00. The second-order valence-electron chi connectivity index (χ2n) is 10.7. The van der Waals surface area contributed by atoms with E-state index in [1.807, 2.05) is 0 Å². The van der Waals surface area contributed by atoms with Crippen molar-refractivity contribution in [3.63, 3.8) is 0 Å². The molecule has 21 heteroatoms. The van der Waals surface area contributed by atoms with E-state index in [0.29, 0.717) is 6.07 Å². The Morgan fingerprint density at radius 2 is 1.50 bits per heavy atom. The third kappa shape index (κ3) is 7.66. The molecule has 0 amide bonds. The van der Waals surface area contributed by atoms with Gasteiger partial charge in [0.2, 0.25) is 17.5 Å². The molecule has 258 valence electrons. The van der Waals surface area contributed by atoms with E-state index in [9.17, 15) is 59.2 Å². The SMILES string of the molecule is CC1OC(OCC2OC(Oc3c(-c4ccc(O)c(O)c4)oc4cc(OS(=O)(=O)O)cc([O-])c4c3=O)C(O)C(O)C2O)C(O)C(O)C1O.[Na+]. The van der Waals surface area contributed by atoms with Crippen molar-refractivity contribution in [3.05, 3.63) is 40.6 Å². The predicted octanol–water partition coefficient (Wildman–Crippen LogP) is -5.84. The number of phenolic OH excluding ortho intramolecular Hbond substituents is 2. The van der Waals surface area contributed by atoms with Crippen LogP contribution in [0.4, 0.5) is 0 Å². The van der Waals surface area contributed by atoms with Crippen LogP contribution in [-0.4, -0.2) is 122 Å². The maximum atomic E-state index is 13.7. The number of aliphatic hydroxyl groups excluding tert-OH is 6. The number of ether oxygens (including phenoxy) is 4. The molecule has 2 fully saturated rings. The average Bonchev–Trinajstić information content (AvgIpc) is 2.99. The van der Waals surface area contributed by atoms with E-state index in [4.69, 9.17) is 27.9 Å². The number of hydrogen-bond acceptors (Lipinski definition) is 18. The molecule has 2 aliphatic rings. The second-order valence-corrected chi connectivity index (χ2v) is 11.8. The average molecular weight is 713 g/mol. The summed E-state index contributed by atoms with van der Waals surface area (Å²) in [6.07, 6.45) is -16.8. The van der Waals surface area contributed by atoms with Crippen LogP contribution in [0.15, 0.2) is 39.5 Å². The summed E-state index contributed by atoms with van der Waals surface area (Å²) in [4.78, 5) is 13.7. The summed E-state index contributed by atoms with van der Waals surface area (Å²) in [5, 5.41) is 93.9. The Balaban J connectivity index is 0.00000520. The van der Waals surface area contributed by atoms with Gasteiger partial charge in [0.15, 0.2) is 23.5 Å². The third-order valence-corrected chi connectivity index (χ3v) is 7.87. The Labute approximate surface area is 291 Å². The molecule has 10 unspecified atom stereocenters. The molecule has 0 radical (unpaired) electrons. The van der Waals surface area contributed by atoms with Crippen molar-refractivity contribution in [2.24, 2.45) is 0 Å². The molecule has 0 aliphatic carbocycles. The van der Waals surface area contributed by atoms with Crippen molar-refractivity contribution in [3.8, 4) is 40.1 Å². The van der Waals surface area contributed by atoms with Crippen molar-refractivity contribution < 1.29 is 116 Å². The largest absolute Gasteiger partial charge is 1.00 e. The molecule has 2 aliphatic heterocycles. The number of fused-ring (bicyclic) bond motifs is 1. The number of aromatic hydroxyl groups is 2. The van der Waals surface area contributed by atoms with Gasteiger partial charge in [-0.25, -0.2) is 0 Å². The summed E-state index contributed by atoms with van der Waals surface area (Å²) in [5.74, 6) is -4.62. The molecule has 19 nitrogen and oxygen atoms in total. The van der Waals surface area contributed by atoms with Crippen LogP contribution < -0.4 is 49.0 Å². The molecule has 2 saturated heterocycles. The topological polar surface area (TPSA) is 316 Å². The standard InChI is InChI=1S/C27H30O19S.Na/c1-8-17(31)20(34)22(36)26(42-8)41-7-15-18(32)21(35)23(37)27(44-15)45-25-19(33)16-13(30)5-10(46-47(38,39)40)6-14(16)43-24(25)9-2-3-11(28)12(29)4-9;/h2-6,8,15,17-18,20-23,26-32,34-37H,7H2,1H3,(H,38,39,40);/q;+1/p-1. The summed E-state index contributed by atoms with van der Waals surface area (Å²) in [6, 6.07) is 4.36. The first-order valence-electron chi connectivity index (χ1n) is 13.7. The number of benzene rings is 2. The van der Waals surface area contributed by atoms with Crippen molar-refractivity contribution in [1.82, 2.24) is 0 Å². The molecule has 3 heterocycles. The minimum absolute atomic E-state index is 0. The minimum atomic E-state index is -5.11. The number of aliphatic hydroxyl groups is 6. The van der Waals surface area contributed by atoms with Crippen LogP contribution in [0.1, 0.15) is 6.92 Å². The van der Waals surface area contributed by atoms with Crippen LogP contribution in [0.2, 0.25) is 0 Å². The van der Waals surface area contributed by atoms with E-state index < -0.39 is 129 Å². The second kappa shape index (κ2) is 14.6. The summed E-state index contributed by atoms with van der Waals surface area (Å²) in [7, 11) is -5.11. The summed E-state index contributed by atoms with van der Waals surface area (Å²) in [6.45, 7) is 0.719. The van der Waals surface area contributed by atoms with Gasteiger partial charge in [-0.1, -0.05) is 5.75 Å². The van der Waals surface area contributed by atoms with Crippen molar-refractivity contribution in [2.75, 3.05) is 6.61 Å². The minimum Gasteiger partial charge on any atom is -0.872 e. The smallest absolute Gasteiger partial charge is 0.872 e. The fourth-order valence-corrected chi connectivity index (χ4v) is 5.32. The molecule has 0 spiro atoms. The molecule has 2 aromatic carbocycles. The fourth-order valence-electron chi connectivity index (χ4n) is 4.98. The van der Waals surface area contributed by atoms with Crippen LogP contribution >= 0.6 is 0 Å². The van der Waals surface area contributed by atoms with Gasteiger partial charge in [0.05, 0.1) is 18.1 Å². The zero-order chi connectivity index (χ0) is 34.5. The molecule has 1 aromatic heterocycles. The Hall–Kier alpha value is -2.80. The van der Waals surface area contributed by atoms with Gasteiger partial charge in [0, 0.05) is 11.6 Å². The van der Waals surface area contributed by atoms with E-state index in [1.165, 1.54) is 6.92 Å². The van der Waals surface area contributed by atoms with Crippen LogP contribution in [0, 0.1) is 0 Å². The van der Waals surface area contributed by atoms with E-state index >= 15 is 0 Å². The van der Waals surface area contributed by atoms with E-state index in [0.717, 1.165) is 24.3 Å². The fraction of sp³-hybridized carbons (Fsp3) is 0.444. The Kier molecular flexibility index (Phi) is 11.6. The maximum absolute atomic E-state index is 13.7. The van der Waals surface area contributed by atoms with E-state index in [-0.39, 0.29) is 35.1 Å². The maximum Gasteiger partial charge on any atom is 1.00 e. The molecular weight excluding hydrogens is 683 g/mol. The molecule has 9 N–H and O–H groups in total. The van der Waals surface area contributed by atoms with Gasteiger partial charge >= 0.3 is 40.0 Å². The van der Waals surface area contributed by atoms with Gasteiger partial charge < -0.3 is 73.5 Å². The molecule has 48 heavy (non-hydrogen) atoms. The Morgan fingerprint density at radius 1 is 0.854 bits per heavy atom. The van der Waals surface area contributed by atoms with Gasteiger partial charge in [-0.2, -0.15) is 8.42 Å². The van der Waals surface area contributed by atoms with Gasteiger partial charge in [-0.3, -0.25) is 9.35 Å². The zero-order valence-corrected chi connectivity index (χ0v) is 27.7. The number of hydrogen-bond donors (Lipinski definition) is 9. The third-order valence-electron chi connectivity index (χ3n) is 7.47. The first-order valence-corrected chi connectivity index (χ1v) is 15.0. The molecule has 3 aromatic rings. The number of phenols is 2. The van der Waals surface area contributed by atoms with E-state index in [2.05, 4.69) is 4.18 Å². The van der Waals surface area contributed by atoms with Gasteiger partial charge in [0.1, 0.15) is 54.1 Å². The number of rotatable bonds is 8. The van der Waals surface area contributed by atoms with Crippen molar-refractivity contribution in [2.45, 2.75) is 68.3 Å². The van der Waals surface area contributed by atoms with Crippen LogP contribution in [0.25, 0.3) is 22.3 Å². The van der Waals surface area contributed by atoms with Crippen LogP contribution in [0.3, 0.4) is 0 Å². The molecule has 0 saturated carbocycles. The summed E-state index contributed by atoms with van der Waals surface area (Å²) < 4.78 is 63.3. The van der Waals surface area contributed by atoms with Crippen LogP contribution in [0.5, 0.6) is 28.7 Å². The summed E-state index contributed by atoms with van der Waals surface area (Å²) >= 11 is 0. The molecule has 5 rings (SSSR count). The quantitative estimate of drug-likeness (QED) is 0.0596. The first kappa shape index (κ1) is 38.0. The van der Waals surface area contributed by atoms with Gasteiger partial charge in [-0.05, 0) is 31.2 Å². The molecular formula is C27H29NaO19S. The predicted molar refractivity (Wildman–Crippen MR) is 148 cm³/mol. The van der Waals surface area contributed by atoms with Crippen molar-refractivity contribution in [1.29, 1.82) is 0 Å². The van der Waals surface area contributed by atoms with Gasteiger partial charge in [0.25, 0.3) is 0 Å². The van der Waals surface area contributed by atoms with Gasteiger partial charge in [-0.15, -0.1) is 0 Å². The monoisotopic (exact) mass is 712 g/mol. The van der Waals surface area contributed by atoms with Crippen molar-refractivity contribution >= 4 is 21.4 Å². The first-order chi connectivity index (χ1) is 22.0. The Bertz CT molecular complexity index is 1800. The zero-order valence-electron chi connectivity index (χ0n) is 24.9. The molecule has 0 bridgehead atoms. The Morgan fingerprint density at radius 3 is 2.15 bits per heavy atom.